The van der Waals surface area contributed by atoms with Crippen LogP contribution in [0.15, 0.2) is 42.5 Å². The van der Waals surface area contributed by atoms with Gasteiger partial charge in [0.05, 0.1) is 13.5 Å². The highest BCUT2D eigenvalue weighted by molar-refractivity contribution is 6.36. The van der Waals surface area contributed by atoms with Gasteiger partial charge in [0.25, 0.3) is 0 Å². The monoisotopic (exact) mass is 408 g/mol. The number of likely N-dealkylation sites (N-methyl/N-ethyl adjacent to an activating group) is 1. The van der Waals surface area contributed by atoms with Crippen molar-refractivity contribution in [1.29, 1.82) is 0 Å². The smallest absolute Gasteiger partial charge is 0.242 e. The van der Waals surface area contributed by atoms with Crippen molar-refractivity contribution < 1.29 is 14.3 Å². The summed E-state index contributed by atoms with van der Waals surface area (Å²) in [5.74, 6) is 0.182. The number of halogens is 2. The number of nitrogens with one attached hydrogen (secondary N) is 1. The Morgan fingerprint density at radius 2 is 1.78 bits per heavy atom. The van der Waals surface area contributed by atoms with Crippen LogP contribution < -0.4 is 10.1 Å². The highest BCUT2D eigenvalue weighted by Gasteiger charge is 2.26. The van der Waals surface area contributed by atoms with Crippen LogP contribution in [0.5, 0.6) is 5.75 Å². The van der Waals surface area contributed by atoms with Crippen LogP contribution in [0.3, 0.4) is 0 Å². The normalized spacial score (nSPS) is 11.6. The van der Waals surface area contributed by atoms with Gasteiger partial charge in [-0.1, -0.05) is 41.4 Å². The second kappa shape index (κ2) is 9.62. The summed E-state index contributed by atoms with van der Waals surface area (Å²) in [6.45, 7) is 1.94. The summed E-state index contributed by atoms with van der Waals surface area (Å²) < 4.78 is 5.24. The zero-order valence-electron chi connectivity index (χ0n) is 15.5. The van der Waals surface area contributed by atoms with Crippen molar-refractivity contribution in [1.82, 2.24) is 10.2 Å². The molecule has 144 valence electrons. The lowest BCUT2D eigenvalue weighted by molar-refractivity contribution is -0.139. The fraction of sp³-hybridized carbons (Fsp3) is 0.300. The van der Waals surface area contributed by atoms with Crippen LogP contribution in [0, 0.1) is 0 Å². The van der Waals surface area contributed by atoms with Crippen LogP contribution in [0.2, 0.25) is 10.0 Å². The van der Waals surface area contributed by atoms with E-state index in [0.29, 0.717) is 21.4 Å². The standard InChI is InChI=1S/C20H22Cl2N2O3/c1-13(20(26)23-2)24(12-14-6-4-7-15(10-14)27-3)19(25)11-16-17(21)8-5-9-18(16)22/h4-10,13H,11-12H2,1-3H3,(H,23,26)/t13-/m0/s1. The fourth-order valence-electron chi connectivity index (χ4n) is 2.71. The van der Waals surface area contributed by atoms with Gasteiger partial charge in [0, 0.05) is 23.6 Å². The summed E-state index contributed by atoms with van der Waals surface area (Å²) in [6, 6.07) is 11.8. The highest BCUT2D eigenvalue weighted by Crippen LogP contribution is 2.26. The van der Waals surface area contributed by atoms with Crippen LogP contribution in [-0.4, -0.2) is 36.9 Å². The summed E-state index contributed by atoms with van der Waals surface area (Å²) in [6.07, 6.45) is 0.00378. The van der Waals surface area contributed by atoms with E-state index in [2.05, 4.69) is 5.32 Å². The first-order chi connectivity index (χ1) is 12.9. The molecule has 0 bridgehead atoms. The van der Waals surface area contributed by atoms with E-state index in [-0.39, 0.29) is 24.8 Å². The van der Waals surface area contributed by atoms with Crippen LogP contribution in [0.4, 0.5) is 0 Å². The fourth-order valence-corrected chi connectivity index (χ4v) is 3.24. The van der Waals surface area contributed by atoms with Gasteiger partial charge in [-0.25, -0.2) is 0 Å². The molecule has 2 amide bonds. The van der Waals surface area contributed by atoms with Gasteiger partial charge in [-0.05, 0) is 42.3 Å². The number of methoxy groups -OCH3 is 1. The number of amides is 2. The molecule has 0 radical (unpaired) electrons. The second-order valence-corrected chi connectivity index (χ2v) is 6.85. The molecule has 0 saturated carbocycles. The van der Waals surface area contributed by atoms with Crippen molar-refractivity contribution in [3.05, 3.63) is 63.6 Å². The minimum absolute atomic E-state index is 0.00378. The predicted molar refractivity (Wildman–Crippen MR) is 107 cm³/mol. The average molecular weight is 409 g/mol. The molecule has 0 saturated heterocycles. The van der Waals surface area contributed by atoms with Gasteiger partial charge in [-0.3, -0.25) is 9.59 Å². The molecule has 0 unspecified atom stereocenters. The van der Waals surface area contributed by atoms with Crippen molar-refractivity contribution in [2.24, 2.45) is 0 Å². The molecule has 1 atom stereocenters. The van der Waals surface area contributed by atoms with E-state index < -0.39 is 6.04 Å². The Labute approximate surface area is 169 Å². The van der Waals surface area contributed by atoms with Crippen molar-refractivity contribution in [2.45, 2.75) is 25.9 Å². The Hall–Kier alpha value is -2.24. The van der Waals surface area contributed by atoms with Crippen LogP contribution in [0.1, 0.15) is 18.1 Å². The summed E-state index contributed by atoms with van der Waals surface area (Å²) in [5, 5.41) is 3.43. The molecular weight excluding hydrogens is 387 g/mol. The van der Waals surface area contributed by atoms with Crippen LogP contribution in [-0.2, 0) is 22.6 Å². The summed E-state index contributed by atoms with van der Waals surface area (Å²) >= 11 is 12.4. The molecule has 27 heavy (non-hydrogen) atoms. The maximum absolute atomic E-state index is 13.0. The second-order valence-electron chi connectivity index (χ2n) is 6.04. The Bertz CT molecular complexity index is 806. The minimum Gasteiger partial charge on any atom is -0.497 e. The van der Waals surface area contributed by atoms with E-state index in [9.17, 15) is 9.59 Å². The molecule has 0 fully saturated rings. The first-order valence-corrected chi connectivity index (χ1v) is 9.19. The first-order valence-electron chi connectivity index (χ1n) is 8.44. The zero-order chi connectivity index (χ0) is 20.0. The third kappa shape index (κ3) is 5.37. The number of benzene rings is 2. The SMILES string of the molecule is CNC(=O)[C@H](C)N(Cc1cccc(OC)c1)C(=O)Cc1c(Cl)cccc1Cl. The van der Waals surface area contributed by atoms with E-state index >= 15 is 0 Å². The maximum Gasteiger partial charge on any atom is 0.242 e. The first kappa shape index (κ1) is 21.1. The molecule has 0 aliphatic carbocycles. The molecule has 7 heteroatoms. The Kier molecular flexibility index (Phi) is 7.51. The Morgan fingerprint density at radius 3 is 2.37 bits per heavy atom. The van der Waals surface area contributed by atoms with Crippen molar-refractivity contribution >= 4 is 35.0 Å². The van der Waals surface area contributed by atoms with E-state index in [1.807, 2.05) is 24.3 Å². The van der Waals surface area contributed by atoms with Crippen molar-refractivity contribution in [2.75, 3.05) is 14.2 Å². The lowest BCUT2D eigenvalue weighted by Crippen LogP contribution is -2.47. The molecule has 2 aromatic rings. The average Bonchev–Trinajstić information content (AvgIpc) is 2.67. The van der Waals surface area contributed by atoms with E-state index in [1.54, 1.807) is 32.2 Å². The Morgan fingerprint density at radius 1 is 1.15 bits per heavy atom. The molecule has 0 aliphatic rings. The number of nitrogens with zero attached hydrogens (tertiary/aromatic N) is 1. The lowest BCUT2D eigenvalue weighted by atomic mass is 10.1. The molecule has 0 aromatic heterocycles. The minimum atomic E-state index is -0.657. The largest absolute Gasteiger partial charge is 0.497 e. The van der Waals surface area contributed by atoms with Crippen molar-refractivity contribution in [3.8, 4) is 5.75 Å². The van der Waals surface area contributed by atoms with Gasteiger partial charge in [0.2, 0.25) is 11.8 Å². The summed E-state index contributed by atoms with van der Waals surface area (Å²) in [7, 11) is 3.12. The van der Waals surface area contributed by atoms with E-state index in [0.717, 1.165) is 5.56 Å². The van der Waals surface area contributed by atoms with Gasteiger partial charge in [-0.2, -0.15) is 0 Å². The predicted octanol–water partition coefficient (Wildman–Crippen LogP) is 3.71. The van der Waals surface area contributed by atoms with Gasteiger partial charge in [0.1, 0.15) is 11.8 Å². The van der Waals surface area contributed by atoms with E-state index in [1.165, 1.54) is 11.9 Å². The number of carbonyl (C=O) groups is 2. The molecule has 2 rings (SSSR count). The number of rotatable bonds is 7. The molecule has 1 N–H and O–H groups in total. The molecule has 2 aromatic carbocycles. The third-order valence-corrected chi connectivity index (χ3v) is 5.00. The topological polar surface area (TPSA) is 58.6 Å². The molecule has 0 aliphatic heterocycles. The zero-order valence-corrected chi connectivity index (χ0v) is 17.0. The van der Waals surface area contributed by atoms with Crippen LogP contribution in [0.25, 0.3) is 0 Å². The molecule has 0 spiro atoms. The number of carbonyl (C=O) groups excluding carboxylic acids is 2. The summed E-state index contributed by atoms with van der Waals surface area (Å²) in [4.78, 5) is 26.7. The van der Waals surface area contributed by atoms with Gasteiger partial charge >= 0.3 is 0 Å². The lowest BCUT2D eigenvalue weighted by Gasteiger charge is -2.29. The van der Waals surface area contributed by atoms with Gasteiger partial charge < -0.3 is 15.0 Å². The van der Waals surface area contributed by atoms with E-state index in [4.69, 9.17) is 27.9 Å². The Balaban J connectivity index is 2.31. The highest BCUT2D eigenvalue weighted by atomic mass is 35.5. The maximum atomic E-state index is 13.0. The molecule has 0 heterocycles. The molecular formula is C20H22Cl2N2O3. The van der Waals surface area contributed by atoms with Crippen LogP contribution >= 0.6 is 23.2 Å². The molecule has 5 nitrogen and oxygen atoms in total. The number of hydrogen-bond acceptors (Lipinski definition) is 3. The van der Waals surface area contributed by atoms with Gasteiger partial charge in [0.15, 0.2) is 0 Å². The third-order valence-electron chi connectivity index (χ3n) is 4.29. The summed E-state index contributed by atoms with van der Waals surface area (Å²) in [5.41, 5.74) is 1.40. The number of hydrogen-bond donors (Lipinski definition) is 1. The quantitative estimate of drug-likeness (QED) is 0.759. The van der Waals surface area contributed by atoms with Crippen molar-refractivity contribution in [3.63, 3.8) is 0 Å². The number of ether oxygens (including phenoxy) is 1. The van der Waals surface area contributed by atoms with Gasteiger partial charge in [-0.15, -0.1) is 0 Å².